The van der Waals surface area contributed by atoms with Gasteiger partial charge in [0.1, 0.15) is 0 Å². The Balaban J connectivity index is 1.46. The van der Waals surface area contributed by atoms with Crippen molar-refractivity contribution in [2.75, 3.05) is 33.2 Å². The van der Waals surface area contributed by atoms with Crippen LogP contribution in [0.5, 0.6) is 0 Å². The molecule has 2 amide bonds. The van der Waals surface area contributed by atoms with Crippen LogP contribution in [0.1, 0.15) is 24.8 Å². The van der Waals surface area contributed by atoms with Gasteiger partial charge in [-0.2, -0.15) is 0 Å². The van der Waals surface area contributed by atoms with E-state index in [2.05, 4.69) is 27.3 Å². The number of hydrogen-bond acceptors (Lipinski definition) is 3. The number of urea groups is 1. The summed E-state index contributed by atoms with van der Waals surface area (Å²) in [6.45, 7) is 5.25. The topological polar surface area (TPSA) is 48.5 Å². The Labute approximate surface area is 132 Å². The molecular weight excluding hydrogens is 276 g/mol. The first-order chi connectivity index (χ1) is 10.8. The van der Waals surface area contributed by atoms with Crippen molar-refractivity contribution in [2.45, 2.75) is 25.8 Å². The lowest BCUT2D eigenvalue weighted by atomic mass is 9.84. The van der Waals surface area contributed by atoms with Gasteiger partial charge < -0.3 is 10.2 Å². The van der Waals surface area contributed by atoms with Gasteiger partial charge in [-0.05, 0) is 55.3 Å². The minimum Gasteiger partial charge on any atom is -0.341 e. The molecule has 2 fully saturated rings. The summed E-state index contributed by atoms with van der Waals surface area (Å²) in [5, 5.41) is 2.73. The highest BCUT2D eigenvalue weighted by Gasteiger charge is 2.32. The number of nitrogens with one attached hydrogen (secondary N) is 1. The molecule has 1 unspecified atom stereocenters. The molecule has 0 spiro atoms. The molecule has 5 heteroatoms. The van der Waals surface area contributed by atoms with E-state index in [0.29, 0.717) is 0 Å². The minimum absolute atomic E-state index is 0.0733. The number of nitrogens with zero attached hydrogens (tertiary/aromatic N) is 3. The standard InChI is InChI=1S/C17H26N4O/c1-18-17(22)21-10-5-15(6-11-21)16-4-9-20(13-16)12-14-2-7-19-8-3-14/h2-3,7-8,15-16H,4-6,9-13H2,1H3,(H,18,22). The zero-order valence-electron chi connectivity index (χ0n) is 13.4. The molecule has 0 aromatic carbocycles. The molecule has 0 bridgehead atoms. The highest BCUT2D eigenvalue weighted by Crippen LogP contribution is 2.32. The van der Waals surface area contributed by atoms with Crippen LogP contribution in [0, 0.1) is 11.8 Å². The third kappa shape index (κ3) is 3.58. The van der Waals surface area contributed by atoms with Crippen molar-refractivity contribution in [2.24, 2.45) is 11.8 Å². The molecule has 0 radical (unpaired) electrons. The monoisotopic (exact) mass is 302 g/mol. The molecule has 1 N–H and O–H groups in total. The van der Waals surface area contributed by atoms with Crippen LogP contribution < -0.4 is 5.32 Å². The van der Waals surface area contributed by atoms with Crippen LogP contribution in [0.3, 0.4) is 0 Å². The summed E-state index contributed by atoms with van der Waals surface area (Å²) in [6.07, 6.45) is 7.35. The molecule has 3 rings (SSSR count). The molecular formula is C17H26N4O. The quantitative estimate of drug-likeness (QED) is 0.928. The maximum atomic E-state index is 11.7. The summed E-state index contributed by atoms with van der Waals surface area (Å²) in [6, 6.07) is 4.29. The minimum atomic E-state index is 0.0733. The van der Waals surface area contributed by atoms with E-state index in [1.807, 2.05) is 17.3 Å². The highest BCUT2D eigenvalue weighted by atomic mass is 16.2. The molecule has 22 heavy (non-hydrogen) atoms. The Morgan fingerprint density at radius 2 is 1.86 bits per heavy atom. The smallest absolute Gasteiger partial charge is 0.317 e. The van der Waals surface area contributed by atoms with Crippen molar-refractivity contribution < 1.29 is 4.79 Å². The van der Waals surface area contributed by atoms with E-state index in [9.17, 15) is 4.79 Å². The predicted molar refractivity (Wildman–Crippen MR) is 86.4 cm³/mol. The van der Waals surface area contributed by atoms with E-state index < -0.39 is 0 Å². The number of piperidine rings is 1. The highest BCUT2D eigenvalue weighted by molar-refractivity contribution is 5.73. The number of amides is 2. The van der Waals surface area contributed by atoms with Crippen LogP contribution in [-0.2, 0) is 6.54 Å². The van der Waals surface area contributed by atoms with Crippen molar-refractivity contribution >= 4 is 6.03 Å². The maximum Gasteiger partial charge on any atom is 0.317 e. The lowest BCUT2D eigenvalue weighted by Crippen LogP contribution is -2.44. The number of likely N-dealkylation sites (tertiary alicyclic amines) is 2. The first-order valence-corrected chi connectivity index (χ1v) is 8.34. The van der Waals surface area contributed by atoms with Crippen molar-refractivity contribution in [1.29, 1.82) is 0 Å². The van der Waals surface area contributed by atoms with Gasteiger partial charge in [0.15, 0.2) is 0 Å². The molecule has 0 saturated carbocycles. The van der Waals surface area contributed by atoms with Crippen molar-refractivity contribution in [1.82, 2.24) is 20.1 Å². The number of carbonyl (C=O) groups is 1. The summed E-state index contributed by atoms with van der Waals surface area (Å²) in [4.78, 5) is 20.2. The fraction of sp³-hybridized carbons (Fsp3) is 0.647. The van der Waals surface area contributed by atoms with Crippen LogP contribution in [0.4, 0.5) is 4.79 Å². The number of aromatic nitrogens is 1. The molecule has 5 nitrogen and oxygen atoms in total. The van der Waals surface area contributed by atoms with E-state index in [1.54, 1.807) is 7.05 Å². The average Bonchev–Trinajstić information content (AvgIpc) is 3.04. The van der Waals surface area contributed by atoms with Crippen LogP contribution in [0.15, 0.2) is 24.5 Å². The SMILES string of the molecule is CNC(=O)N1CCC(C2CCN(Cc3ccncc3)C2)CC1. The first kappa shape index (κ1) is 15.3. The van der Waals surface area contributed by atoms with Gasteiger partial charge in [-0.15, -0.1) is 0 Å². The number of rotatable bonds is 3. The molecule has 1 aromatic heterocycles. The summed E-state index contributed by atoms with van der Waals surface area (Å²) >= 11 is 0. The normalized spacial score (nSPS) is 23.7. The number of hydrogen-bond donors (Lipinski definition) is 1. The van der Waals surface area contributed by atoms with Crippen molar-refractivity contribution in [3.63, 3.8) is 0 Å². The molecule has 2 aliphatic rings. The lowest BCUT2D eigenvalue weighted by molar-refractivity contribution is 0.150. The third-order valence-electron chi connectivity index (χ3n) is 5.17. The lowest BCUT2D eigenvalue weighted by Gasteiger charge is -2.34. The first-order valence-electron chi connectivity index (χ1n) is 8.34. The van der Waals surface area contributed by atoms with E-state index >= 15 is 0 Å². The van der Waals surface area contributed by atoms with Gasteiger partial charge in [-0.25, -0.2) is 4.79 Å². The molecule has 2 saturated heterocycles. The van der Waals surface area contributed by atoms with Crippen LogP contribution in [0.2, 0.25) is 0 Å². The van der Waals surface area contributed by atoms with Gasteiger partial charge in [-0.3, -0.25) is 9.88 Å². The summed E-state index contributed by atoms with van der Waals surface area (Å²) < 4.78 is 0. The second-order valence-corrected chi connectivity index (χ2v) is 6.52. The van der Waals surface area contributed by atoms with Gasteiger partial charge in [0.2, 0.25) is 0 Å². The van der Waals surface area contributed by atoms with Gasteiger partial charge in [0.05, 0.1) is 0 Å². The molecule has 2 aliphatic heterocycles. The third-order valence-corrected chi connectivity index (χ3v) is 5.17. The summed E-state index contributed by atoms with van der Waals surface area (Å²) in [5.41, 5.74) is 1.35. The zero-order valence-corrected chi connectivity index (χ0v) is 13.4. The fourth-order valence-corrected chi connectivity index (χ4v) is 3.87. The van der Waals surface area contributed by atoms with Gasteiger partial charge in [0.25, 0.3) is 0 Å². The van der Waals surface area contributed by atoms with Crippen molar-refractivity contribution in [3.05, 3.63) is 30.1 Å². The molecule has 0 aliphatic carbocycles. The van der Waals surface area contributed by atoms with E-state index in [0.717, 1.165) is 44.3 Å². The Morgan fingerprint density at radius 3 is 2.55 bits per heavy atom. The number of pyridine rings is 1. The Hall–Kier alpha value is -1.62. The Morgan fingerprint density at radius 1 is 1.18 bits per heavy atom. The maximum absolute atomic E-state index is 11.7. The second kappa shape index (κ2) is 7.09. The average molecular weight is 302 g/mol. The van der Waals surface area contributed by atoms with Crippen LogP contribution in [-0.4, -0.2) is 54.0 Å². The van der Waals surface area contributed by atoms with Gasteiger partial charge in [0, 0.05) is 45.6 Å². The molecule has 1 aromatic rings. The molecule has 120 valence electrons. The van der Waals surface area contributed by atoms with Crippen LogP contribution in [0.25, 0.3) is 0 Å². The van der Waals surface area contributed by atoms with Gasteiger partial charge >= 0.3 is 6.03 Å². The van der Waals surface area contributed by atoms with E-state index in [-0.39, 0.29) is 6.03 Å². The summed E-state index contributed by atoms with van der Waals surface area (Å²) in [5.74, 6) is 1.58. The predicted octanol–water partition coefficient (Wildman–Crippen LogP) is 1.95. The second-order valence-electron chi connectivity index (χ2n) is 6.52. The van der Waals surface area contributed by atoms with Crippen molar-refractivity contribution in [3.8, 4) is 0 Å². The largest absolute Gasteiger partial charge is 0.341 e. The fourth-order valence-electron chi connectivity index (χ4n) is 3.87. The van der Waals surface area contributed by atoms with E-state index in [4.69, 9.17) is 0 Å². The molecule has 1 atom stereocenters. The summed E-state index contributed by atoms with van der Waals surface area (Å²) in [7, 11) is 1.71. The van der Waals surface area contributed by atoms with E-state index in [1.165, 1.54) is 25.1 Å². The Kier molecular flexibility index (Phi) is 4.93. The van der Waals surface area contributed by atoms with Crippen LogP contribution >= 0.6 is 0 Å². The number of carbonyl (C=O) groups excluding carboxylic acids is 1. The zero-order chi connectivity index (χ0) is 15.4. The Bertz CT molecular complexity index is 485. The molecule has 3 heterocycles. The van der Waals surface area contributed by atoms with Gasteiger partial charge in [-0.1, -0.05) is 0 Å².